The first-order valence-electron chi connectivity index (χ1n) is 12.4. The van der Waals surface area contributed by atoms with Crippen LogP contribution in [0.3, 0.4) is 0 Å². The molecule has 3 heterocycles. The molecule has 1 aliphatic heterocycles. The molecule has 0 bridgehead atoms. The van der Waals surface area contributed by atoms with Gasteiger partial charge >= 0.3 is 0 Å². The first kappa shape index (κ1) is 23.1. The minimum Gasteiger partial charge on any atom is -0.378 e. The van der Waals surface area contributed by atoms with Crippen molar-refractivity contribution >= 4 is 28.0 Å². The summed E-state index contributed by atoms with van der Waals surface area (Å²) in [5, 5.41) is 4.85. The van der Waals surface area contributed by atoms with Gasteiger partial charge in [-0.2, -0.15) is 0 Å². The van der Waals surface area contributed by atoms with E-state index in [-0.39, 0.29) is 5.56 Å². The van der Waals surface area contributed by atoms with Crippen molar-refractivity contribution in [3.05, 3.63) is 82.8 Å². The smallest absolute Gasteiger partial charge is 0.259 e. The molecule has 2 aromatic heterocycles. The van der Waals surface area contributed by atoms with Crippen molar-refractivity contribution in [1.82, 2.24) is 14.9 Å². The Morgan fingerprint density at radius 3 is 2.40 bits per heavy atom. The summed E-state index contributed by atoms with van der Waals surface area (Å²) in [4.78, 5) is 25.0. The molecule has 0 spiro atoms. The van der Waals surface area contributed by atoms with Gasteiger partial charge in [-0.05, 0) is 85.7 Å². The van der Waals surface area contributed by atoms with E-state index in [9.17, 15) is 4.79 Å². The average molecular weight is 468 g/mol. The zero-order valence-electron chi connectivity index (χ0n) is 20.7. The van der Waals surface area contributed by atoms with Crippen molar-refractivity contribution in [2.45, 2.75) is 25.7 Å². The van der Waals surface area contributed by atoms with Crippen LogP contribution >= 0.6 is 0 Å². The van der Waals surface area contributed by atoms with Crippen LogP contribution in [0.15, 0.2) is 71.7 Å². The van der Waals surface area contributed by atoms with Crippen molar-refractivity contribution < 1.29 is 0 Å². The number of aromatic nitrogens is 2. The van der Waals surface area contributed by atoms with Gasteiger partial charge in [0.1, 0.15) is 5.82 Å². The van der Waals surface area contributed by atoms with Crippen LogP contribution in [0.4, 0.5) is 17.2 Å². The van der Waals surface area contributed by atoms with E-state index in [0.717, 1.165) is 34.6 Å². The second-order valence-corrected chi connectivity index (χ2v) is 9.52. The van der Waals surface area contributed by atoms with Gasteiger partial charge in [0.15, 0.2) is 0 Å². The zero-order valence-corrected chi connectivity index (χ0v) is 20.7. The van der Waals surface area contributed by atoms with Crippen molar-refractivity contribution in [2.24, 2.45) is 0 Å². The lowest BCUT2D eigenvalue weighted by atomic mass is 9.89. The highest BCUT2D eigenvalue weighted by atomic mass is 16.1. The molecular formula is C29H33N5O. The molecule has 2 N–H and O–H groups in total. The molecule has 1 aliphatic rings. The van der Waals surface area contributed by atoms with Gasteiger partial charge in [-0.1, -0.05) is 31.2 Å². The van der Waals surface area contributed by atoms with Crippen LogP contribution < -0.4 is 15.8 Å². The van der Waals surface area contributed by atoms with Crippen LogP contribution in [-0.2, 0) is 0 Å². The Kier molecular flexibility index (Phi) is 6.55. The molecule has 1 fully saturated rings. The van der Waals surface area contributed by atoms with Gasteiger partial charge in [-0.3, -0.25) is 4.79 Å². The molecule has 6 heteroatoms. The summed E-state index contributed by atoms with van der Waals surface area (Å²) in [5.74, 6) is 1.18. The number of hydrogen-bond acceptors (Lipinski definition) is 5. The van der Waals surface area contributed by atoms with Crippen molar-refractivity contribution in [3.63, 3.8) is 0 Å². The predicted octanol–water partition coefficient (Wildman–Crippen LogP) is 5.60. The van der Waals surface area contributed by atoms with Gasteiger partial charge in [0.25, 0.3) is 5.56 Å². The first-order valence-corrected chi connectivity index (χ1v) is 12.4. The van der Waals surface area contributed by atoms with E-state index in [1.807, 2.05) is 26.2 Å². The fourth-order valence-electron chi connectivity index (χ4n) is 4.94. The largest absolute Gasteiger partial charge is 0.378 e. The third-order valence-electron chi connectivity index (χ3n) is 7.11. The third kappa shape index (κ3) is 4.93. The fraction of sp³-hybridized carbons (Fsp3) is 0.310. The normalized spacial score (nSPS) is 14.8. The Morgan fingerprint density at radius 2 is 1.74 bits per heavy atom. The highest BCUT2D eigenvalue weighted by Crippen LogP contribution is 2.31. The number of H-pyrrole nitrogens is 1. The average Bonchev–Trinajstić information content (AvgIpc) is 2.89. The SMILES string of the molecule is CCN1CCC(c2ccc(Nc3nc(-c4ccc(N(C)C)cc4)cc4cc[nH]c(=O)c34)cc2)CC1. The highest BCUT2D eigenvalue weighted by Gasteiger charge is 2.19. The lowest BCUT2D eigenvalue weighted by molar-refractivity contribution is 0.222. The first-order chi connectivity index (χ1) is 17.0. The number of hydrogen-bond donors (Lipinski definition) is 2. The summed E-state index contributed by atoms with van der Waals surface area (Å²) >= 11 is 0. The van der Waals surface area contributed by atoms with Gasteiger partial charge in [0.2, 0.25) is 0 Å². The predicted molar refractivity (Wildman–Crippen MR) is 146 cm³/mol. The number of pyridine rings is 2. The molecule has 0 amide bonds. The topological polar surface area (TPSA) is 64.3 Å². The number of piperidine rings is 1. The molecule has 6 nitrogen and oxygen atoms in total. The number of fused-ring (bicyclic) bond motifs is 1. The van der Waals surface area contributed by atoms with Gasteiger partial charge < -0.3 is 20.1 Å². The van der Waals surface area contributed by atoms with Crippen LogP contribution in [-0.4, -0.2) is 48.6 Å². The second-order valence-electron chi connectivity index (χ2n) is 9.52. The number of anilines is 3. The Balaban J connectivity index is 1.45. The molecule has 4 aromatic rings. The molecule has 1 saturated heterocycles. The number of likely N-dealkylation sites (tertiary alicyclic amines) is 1. The van der Waals surface area contributed by atoms with Crippen LogP contribution in [0.5, 0.6) is 0 Å². The minimum atomic E-state index is -0.147. The molecular weight excluding hydrogens is 434 g/mol. The molecule has 5 rings (SSSR count). The van der Waals surface area contributed by atoms with Gasteiger partial charge in [0.05, 0.1) is 11.1 Å². The molecule has 0 unspecified atom stereocenters. The third-order valence-corrected chi connectivity index (χ3v) is 7.11. The summed E-state index contributed by atoms with van der Waals surface area (Å²) in [6.07, 6.45) is 4.10. The monoisotopic (exact) mass is 467 g/mol. The minimum absolute atomic E-state index is 0.147. The summed E-state index contributed by atoms with van der Waals surface area (Å²) in [7, 11) is 4.05. The quantitative estimate of drug-likeness (QED) is 0.387. The Hall–Kier alpha value is -3.64. The van der Waals surface area contributed by atoms with Crippen molar-refractivity contribution in [1.29, 1.82) is 0 Å². The van der Waals surface area contributed by atoms with E-state index in [2.05, 4.69) is 75.6 Å². The van der Waals surface area contributed by atoms with E-state index < -0.39 is 0 Å². The lowest BCUT2D eigenvalue weighted by Crippen LogP contribution is -2.32. The fourth-order valence-corrected chi connectivity index (χ4v) is 4.94. The number of aromatic amines is 1. The molecule has 0 aliphatic carbocycles. The van der Waals surface area contributed by atoms with Crippen LogP contribution in [0.2, 0.25) is 0 Å². The number of benzene rings is 2. The van der Waals surface area contributed by atoms with Gasteiger partial charge in [0, 0.05) is 37.2 Å². The standard InChI is InChI=1S/C29H33N5O/c1-4-34-17-14-21(15-18-34)20-5-9-24(10-6-20)31-28-27-23(13-16-30-29(27)35)19-26(32-28)22-7-11-25(12-8-22)33(2)3/h5-13,16,19,21H,4,14-15,17-18H2,1-3H3,(H,30,35)(H,31,32). The van der Waals surface area contributed by atoms with E-state index >= 15 is 0 Å². The van der Waals surface area contributed by atoms with Crippen molar-refractivity contribution in [2.75, 3.05) is 43.9 Å². The number of rotatable bonds is 6. The highest BCUT2D eigenvalue weighted by molar-refractivity contribution is 5.95. The lowest BCUT2D eigenvalue weighted by Gasteiger charge is -2.31. The van der Waals surface area contributed by atoms with Crippen LogP contribution in [0, 0.1) is 0 Å². The summed E-state index contributed by atoms with van der Waals surface area (Å²) in [6, 6.07) is 20.8. The summed E-state index contributed by atoms with van der Waals surface area (Å²) < 4.78 is 0. The second kappa shape index (κ2) is 9.92. The maximum atomic E-state index is 12.7. The maximum absolute atomic E-state index is 12.7. The number of nitrogens with one attached hydrogen (secondary N) is 2. The van der Waals surface area contributed by atoms with E-state index in [0.29, 0.717) is 17.1 Å². The number of nitrogens with zero attached hydrogens (tertiary/aromatic N) is 3. The van der Waals surface area contributed by atoms with E-state index in [1.54, 1.807) is 6.20 Å². The maximum Gasteiger partial charge on any atom is 0.259 e. The Morgan fingerprint density at radius 1 is 1.03 bits per heavy atom. The molecule has 35 heavy (non-hydrogen) atoms. The Bertz CT molecular complexity index is 1350. The van der Waals surface area contributed by atoms with Crippen LogP contribution in [0.1, 0.15) is 31.2 Å². The van der Waals surface area contributed by atoms with Gasteiger partial charge in [-0.25, -0.2) is 4.98 Å². The zero-order chi connectivity index (χ0) is 24.4. The molecule has 180 valence electrons. The van der Waals surface area contributed by atoms with Crippen molar-refractivity contribution in [3.8, 4) is 11.3 Å². The Labute approximate surface area is 206 Å². The molecule has 0 saturated carbocycles. The molecule has 0 radical (unpaired) electrons. The van der Waals surface area contributed by atoms with Crippen LogP contribution in [0.25, 0.3) is 22.0 Å². The summed E-state index contributed by atoms with van der Waals surface area (Å²) in [5.41, 5.74) is 5.13. The van der Waals surface area contributed by atoms with E-state index in [4.69, 9.17) is 4.98 Å². The molecule has 2 aromatic carbocycles. The van der Waals surface area contributed by atoms with E-state index in [1.165, 1.54) is 31.5 Å². The van der Waals surface area contributed by atoms with Gasteiger partial charge in [-0.15, -0.1) is 0 Å². The summed E-state index contributed by atoms with van der Waals surface area (Å²) in [6.45, 7) is 5.70. The molecule has 0 atom stereocenters.